The molecule has 0 bridgehead atoms. The molecule has 5 nitrogen and oxygen atoms in total. The van der Waals surface area contributed by atoms with Crippen molar-refractivity contribution in [2.45, 2.75) is 6.42 Å². The summed E-state index contributed by atoms with van der Waals surface area (Å²) in [7, 11) is 0. The molecule has 0 saturated carbocycles. The lowest BCUT2D eigenvalue weighted by molar-refractivity contribution is 0.140. The van der Waals surface area contributed by atoms with Crippen molar-refractivity contribution in [3.05, 3.63) is 17.7 Å². The van der Waals surface area contributed by atoms with Crippen molar-refractivity contribution in [1.29, 1.82) is 0 Å². The van der Waals surface area contributed by atoms with Crippen LogP contribution in [0.4, 0.5) is 0 Å². The molecule has 1 aromatic carbocycles. The van der Waals surface area contributed by atoms with Crippen LogP contribution in [-0.4, -0.2) is 21.9 Å². The zero-order chi connectivity index (χ0) is 9.84. The highest BCUT2D eigenvalue weighted by Gasteiger charge is 2.10. The van der Waals surface area contributed by atoms with Gasteiger partial charge in [-0.15, -0.1) is 0 Å². The molecule has 0 amide bonds. The summed E-state index contributed by atoms with van der Waals surface area (Å²) in [5.74, 6) is 3.59. The molecule has 0 aliphatic heterocycles. The summed E-state index contributed by atoms with van der Waals surface area (Å²) in [5.41, 5.74) is 0.473. The zero-order valence-electron chi connectivity index (χ0n) is 6.90. The van der Waals surface area contributed by atoms with E-state index >= 15 is 0 Å². The van der Waals surface area contributed by atoms with E-state index in [1.165, 1.54) is 12.1 Å². The van der Waals surface area contributed by atoms with Gasteiger partial charge in [0.15, 0.2) is 11.5 Å². The van der Waals surface area contributed by atoms with Crippen LogP contribution < -0.4 is 5.90 Å². The van der Waals surface area contributed by atoms with Gasteiger partial charge < -0.3 is 20.2 Å². The Bertz CT molecular complexity index is 300. The fourth-order valence-electron chi connectivity index (χ4n) is 0.981. The van der Waals surface area contributed by atoms with E-state index in [2.05, 4.69) is 4.84 Å². The monoisotopic (exact) mass is 185 g/mol. The van der Waals surface area contributed by atoms with Gasteiger partial charge in [-0.1, -0.05) is 6.07 Å². The highest BCUT2D eigenvalue weighted by Crippen LogP contribution is 2.36. The van der Waals surface area contributed by atoms with Crippen LogP contribution in [-0.2, 0) is 11.3 Å². The predicted molar refractivity (Wildman–Crippen MR) is 45.3 cm³/mol. The predicted octanol–water partition coefficient (Wildman–Crippen LogP) is 0.236. The molecule has 0 saturated heterocycles. The molecule has 0 radical (unpaired) electrons. The quantitative estimate of drug-likeness (QED) is 0.399. The Labute approximate surface area is 75.0 Å². The fourth-order valence-corrected chi connectivity index (χ4v) is 0.981. The van der Waals surface area contributed by atoms with Gasteiger partial charge in [-0.05, 0) is 6.07 Å². The summed E-state index contributed by atoms with van der Waals surface area (Å²) in [6, 6.07) is 2.78. The standard InChI is InChI=1S/C8H11NO4/c9-13-4-3-5-1-2-6(10)8(12)7(5)11/h1-2,10-12H,3-4,9H2. The molecule has 0 unspecified atom stereocenters. The number of nitrogens with two attached hydrogens (primary N) is 1. The normalized spacial score (nSPS) is 10.2. The topological polar surface area (TPSA) is 95.9 Å². The maximum absolute atomic E-state index is 9.30. The first-order chi connectivity index (χ1) is 6.16. The first kappa shape index (κ1) is 9.63. The van der Waals surface area contributed by atoms with Gasteiger partial charge in [0.05, 0.1) is 6.61 Å². The van der Waals surface area contributed by atoms with Gasteiger partial charge in [-0.3, -0.25) is 0 Å². The maximum atomic E-state index is 9.30. The van der Waals surface area contributed by atoms with Crippen molar-refractivity contribution in [2.75, 3.05) is 6.61 Å². The van der Waals surface area contributed by atoms with E-state index in [1.807, 2.05) is 0 Å². The van der Waals surface area contributed by atoms with E-state index < -0.39 is 5.75 Å². The molecule has 0 atom stereocenters. The summed E-state index contributed by atoms with van der Waals surface area (Å²) in [4.78, 5) is 4.32. The van der Waals surface area contributed by atoms with Crippen molar-refractivity contribution in [1.82, 2.24) is 0 Å². The second-order valence-corrected chi connectivity index (χ2v) is 2.56. The van der Waals surface area contributed by atoms with Crippen LogP contribution in [0.15, 0.2) is 12.1 Å². The molecule has 13 heavy (non-hydrogen) atoms. The number of phenolic OH excluding ortho intramolecular Hbond substituents is 3. The smallest absolute Gasteiger partial charge is 0.200 e. The maximum Gasteiger partial charge on any atom is 0.200 e. The minimum absolute atomic E-state index is 0.234. The summed E-state index contributed by atoms with van der Waals surface area (Å²) in [6.45, 7) is 0.234. The van der Waals surface area contributed by atoms with Gasteiger partial charge in [0, 0.05) is 12.0 Å². The highest BCUT2D eigenvalue weighted by molar-refractivity contribution is 5.53. The highest BCUT2D eigenvalue weighted by atomic mass is 16.6. The van der Waals surface area contributed by atoms with E-state index in [1.54, 1.807) is 0 Å². The van der Waals surface area contributed by atoms with Crippen LogP contribution in [0.3, 0.4) is 0 Å². The average molecular weight is 185 g/mol. The van der Waals surface area contributed by atoms with Crippen molar-refractivity contribution < 1.29 is 20.2 Å². The Kier molecular flexibility index (Phi) is 2.94. The SMILES string of the molecule is NOCCc1ccc(O)c(O)c1O. The number of phenols is 3. The van der Waals surface area contributed by atoms with Crippen LogP contribution in [0.25, 0.3) is 0 Å². The van der Waals surface area contributed by atoms with Gasteiger partial charge in [0.1, 0.15) is 0 Å². The molecule has 5 heteroatoms. The van der Waals surface area contributed by atoms with E-state index in [9.17, 15) is 5.11 Å². The lowest BCUT2D eigenvalue weighted by atomic mass is 10.1. The Morgan fingerprint density at radius 1 is 1.15 bits per heavy atom. The Balaban J connectivity index is 2.90. The molecule has 1 rings (SSSR count). The number of benzene rings is 1. The van der Waals surface area contributed by atoms with Gasteiger partial charge in [0.25, 0.3) is 0 Å². The first-order valence-electron chi connectivity index (χ1n) is 3.71. The Morgan fingerprint density at radius 3 is 2.46 bits per heavy atom. The summed E-state index contributed by atoms with van der Waals surface area (Å²) >= 11 is 0. The van der Waals surface area contributed by atoms with Crippen LogP contribution in [0.1, 0.15) is 5.56 Å². The fraction of sp³-hybridized carbons (Fsp3) is 0.250. The van der Waals surface area contributed by atoms with Crippen molar-refractivity contribution in [3.63, 3.8) is 0 Å². The molecule has 0 heterocycles. The third kappa shape index (κ3) is 2.01. The molecule has 1 aromatic rings. The number of aromatic hydroxyl groups is 3. The summed E-state index contributed by atoms with van der Waals surface area (Å²) in [6.07, 6.45) is 0.371. The second kappa shape index (κ2) is 3.97. The van der Waals surface area contributed by atoms with E-state index in [0.29, 0.717) is 12.0 Å². The molecule has 0 fully saturated rings. The molecule has 0 aromatic heterocycles. The van der Waals surface area contributed by atoms with E-state index in [0.717, 1.165) is 0 Å². The van der Waals surface area contributed by atoms with Gasteiger partial charge in [0.2, 0.25) is 5.75 Å². The van der Waals surface area contributed by atoms with Crippen LogP contribution in [0.5, 0.6) is 17.2 Å². The molecular weight excluding hydrogens is 174 g/mol. The average Bonchev–Trinajstić information content (AvgIpc) is 2.13. The molecule has 0 aliphatic rings. The van der Waals surface area contributed by atoms with E-state index in [-0.39, 0.29) is 18.1 Å². The van der Waals surface area contributed by atoms with Crippen LogP contribution in [0, 0.1) is 0 Å². The number of hydrogen-bond donors (Lipinski definition) is 4. The third-order valence-electron chi connectivity index (χ3n) is 1.70. The first-order valence-corrected chi connectivity index (χ1v) is 3.71. The third-order valence-corrected chi connectivity index (χ3v) is 1.70. The largest absolute Gasteiger partial charge is 0.504 e. The van der Waals surface area contributed by atoms with Gasteiger partial charge in [-0.25, -0.2) is 5.90 Å². The van der Waals surface area contributed by atoms with Gasteiger partial charge in [-0.2, -0.15) is 0 Å². The van der Waals surface area contributed by atoms with Crippen molar-refractivity contribution in [3.8, 4) is 17.2 Å². The Morgan fingerprint density at radius 2 is 1.85 bits per heavy atom. The van der Waals surface area contributed by atoms with Crippen LogP contribution >= 0.6 is 0 Å². The molecular formula is C8H11NO4. The van der Waals surface area contributed by atoms with E-state index in [4.69, 9.17) is 16.1 Å². The number of hydrogen-bond acceptors (Lipinski definition) is 5. The summed E-state index contributed by atoms with van der Waals surface area (Å²) in [5, 5.41) is 27.4. The second-order valence-electron chi connectivity index (χ2n) is 2.56. The number of rotatable bonds is 3. The van der Waals surface area contributed by atoms with Crippen LogP contribution in [0.2, 0.25) is 0 Å². The molecule has 5 N–H and O–H groups in total. The minimum Gasteiger partial charge on any atom is -0.504 e. The molecule has 0 spiro atoms. The van der Waals surface area contributed by atoms with Crippen molar-refractivity contribution in [2.24, 2.45) is 5.90 Å². The molecule has 72 valence electrons. The zero-order valence-corrected chi connectivity index (χ0v) is 6.90. The lowest BCUT2D eigenvalue weighted by Crippen LogP contribution is -2.03. The molecule has 0 aliphatic carbocycles. The lowest BCUT2D eigenvalue weighted by Gasteiger charge is -2.06. The Hall–Kier alpha value is -1.46. The van der Waals surface area contributed by atoms with Gasteiger partial charge >= 0.3 is 0 Å². The summed E-state index contributed by atoms with van der Waals surface area (Å²) < 4.78 is 0. The van der Waals surface area contributed by atoms with Crippen molar-refractivity contribution >= 4 is 0 Å². The minimum atomic E-state index is -0.519.